The number of carbonyl (C=O) groups excluding carboxylic acids is 2. The molecule has 0 aromatic heterocycles. The Kier molecular flexibility index (Phi) is 7.18. The molecule has 23 heavy (non-hydrogen) atoms. The lowest BCUT2D eigenvalue weighted by molar-refractivity contribution is -0.126. The van der Waals surface area contributed by atoms with E-state index in [0.717, 1.165) is 38.1 Å². The van der Waals surface area contributed by atoms with Crippen LogP contribution in [-0.2, 0) is 4.79 Å². The molecule has 1 aliphatic heterocycles. The zero-order valence-corrected chi connectivity index (χ0v) is 14.6. The summed E-state index contributed by atoms with van der Waals surface area (Å²) in [6.07, 6.45) is 10.4. The maximum Gasteiger partial charge on any atom is 0.314 e. The van der Waals surface area contributed by atoms with Crippen molar-refractivity contribution in [1.29, 1.82) is 0 Å². The van der Waals surface area contributed by atoms with E-state index in [1.807, 2.05) is 0 Å². The molecule has 5 nitrogen and oxygen atoms in total. The number of rotatable bonds is 6. The number of primary amides is 1. The van der Waals surface area contributed by atoms with Crippen LogP contribution in [0.1, 0.15) is 64.7 Å². The molecule has 0 aromatic carbocycles. The van der Waals surface area contributed by atoms with Gasteiger partial charge in [0, 0.05) is 25.6 Å². The van der Waals surface area contributed by atoms with Gasteiger partial charge in [0.1, 0.15) is 0 Å². The number of carbonyl (C=O) groups is 2. The maximum atomic E-state index is 12.4. The molecule has 5 heteroatoms. The van der Waals surface area contributed by atoms with Gasteiger partial charge in [0.15, 0.2) is 0 Å². The fraction of sp³-hybridized carbons (Fsp3) is 0.889. The molecule has 0 spiro atoms. The zero-order chi connectivity index (χ0) is 16.7. The second kappa shape index (κ2) is 9.14. The summed E-state index contributed by atoms with van der Waals surface area (Å²) in [5.41, 5.74) is 5.35. The van der Waals surface area contributed by atoms with E-state index < -0.39 is 0 Å². The second-order valence-corrected chi connectivity index (χ2v) is 7.40. The molecule has 2 aliphatic rings. The van der Waals surface area contributed by atoms with Gasteiger partial charge in [-0.05, 0) is 50.4 Å². The Morgan fingerprint density at radius 2 is 1.87 bits per heavy atom. The number of nitrogens with zero attached hydrogens (tertiary/aromatic N) is 1. The average Bonchev–Trinajstić information content (AvgIpc) is 2.58. The summed E-state index contributed by atoms with van der Waals surface area (Å²) in [7, 11) is 0. The molecule has 132 valence electrons. The first-order chi connectivity index (χ1) is 11.1. The molecule has 1 atom stereocenters. The van der Waals surface area contributed by atoms with E-state index in [4.69, 9.17) is 5.73 Å². The van der Waals surface area contributed by atoms with Gasteiger partial charge in [-0.25, -0.2) is 4.79 Å². The number of unbranched alkanes of at least 4 members (excludes halogenated alkanes) is 1. The molecular weight excluding hydrogens is 290 g/mol. The van der Waals surface area contributed by atoms with E-state index in [0.29, 0.717) is 19.0 Å². The second-order valence-electron chi connectivity index (χ2n) is 7.40. The molecule has 1 heterocycles. The number of nitrogens with two attached hydrogens (primary N) is 1. The molecule has 3 N–H and O–H groups in total. The number of nitrogens with one attached hydrogen (secondary N) is 1. The van der Waals surface area contributed by atoms with Crippen molar-refractivity contribution < 1.29 is 9.59 Å². The highest BCUT2D eigenvalue weighted by Gasteiger charge is 2.27. The highest BCUT2D eigenvalue weighted by Crippen LogP contribution is 2.32. The Bertz CT molecular complexity index is 392. The van der Waals surface area contributed by atoms with Gasteiger partial charge in [-0.15, -0.1) is 0 Å². The van der Waals surface area contributed by atoms with Gasteiger partial charge in [0.2, 0.25) is 5.91 Å². The first kappa shape index (κ1) is 18.1. The summed E-state index contributed by atoms with van der Waals surface area (Å²) in [6.45, 7) is 4.35. The van der Waals surface area contributed by atoms with E-state index in [1.54, 1.807) is 4.90 Å². The minimum atomic E-state index is -0.341. The van der Waals surface area contributed by atoms with Gasteiger partial charge in [-0.2, -0.15) is 0 Å². The van der Waals surface area contributed by atoms with Crippen molar-refractivity contribution in [2.45, 2.75) is 64.7 Å². The van der Waals surface area contributed by atoms with Crippen molar-refractivity contribution in [3.8, 4) is 0 Å². The number of hydrogen-bond donors (Lipinski definition) is 2. The SMILES string of the molecule is CCCCC1CCC(C(=O)NCC2CCCN(C(N)=O)C2)CC1. The predicted octanol–water partition coefficient (Wildman–Crippen LogP) is 2.89. The third-order valence-electron chi connectivity index (χ3n) is 5.58. The van der Waals surface area contributed by atoms with Gasteiger partial charge in [0.05, 0.1) is 0 Å². The number of urea groups is 1. The third kappa shape index (κ3) is 5.70. The van der Waals surface area contributed by atoms with Crippen molar-refractivity contribution in [2.75, 3.05) is 19.6 Å². The number of hydrogen-bond acceptors (Lipinski definition) is 2. The van der Waals surface area contributed by atoms with Crippen LogP contribution in [0.3, 0.4) is 0 Å². The number of piperidine rings is 1. The Balaban J connectivity index is 1.66. The fourth-order valence-corrected chi connectivity index (χ4v) is 4.03. The van der Waals surface area contributed by atoms with Crippen LogP contribution < -0.4 is 11.1 Å². The molecule has 3 amide bonds. The van der Waals surface area contributed by atoms with Crippen LogP contribution >= 0.6 is 0 Å². The molecule has 2 fully saturated rings. The van der Waals surface area contributed by atoms with E-state index in [-0.39, 0.29) is 17.9 Å². The molecule has 1 aliphatic carbocycles. The topological polar surface area (TPSA) is 75.4 Å². The molecular formula is C18H33N3O2. The predicted molar refractivity (Wildman–Crippen MR) is 91.9 cm³/mol. The highest BCUT2D eigenvalue weighted by molar-refractivity contribution is 5.78. The number of amides is 3. The van der Waals surface area contributed by atoms with Crippen LogP contribution in [0.2, 0.25) is 0 Å². The van der Waals surface area contributed by atoms with Crippen LogP contribution in [-0.4, -0.2) is 36.5 Å². The lowest BCUT2D eigenvalue weighted by Crippen LogP contribution is -2.46. The lowest BCUT2D eigenvalue weighted by Gasteiger charge is -2.32. The van der Waals surface area contributed by atoms with Crippen LogP contribution in [0.25, 0.3) is 0 Å². The summed E-state index contributed by atoms with van der Waals surface area (Å²) in [4.78, 5) is 25.3. The Hall–Kier alpha value is -1.26. The summed E-state index contributed by atoms with van der Waals surface area (Å²) < 4.78 is 0. The smallest absolute Gasteiger partial charge is 0.314 e. The van der Waals surface area contributed by atoms with Crippen molar-refractivity contribution >= 4 is 11.9 Å². The summed E-state index contributed by atoms with van der Waals surface area (Å²) in [5.74, 6) is 1.60. The molecule has 0 bridgehead atoms. The van der Waals surface area contributed by atoms with Crippen molar-refractivity contribution in [3.05, 3.63) is 0 Å². The van der Waals surface area contributed by atoms with Gasteiger partial charge in [0.25, 0.3) is 0 Å². The minimum absolute atomic E-state index is 0.198. The lowest BCUT2D eigenvalue weighted by atomic mass is 9.79. The van der Waals surface area contributed by atoms with E-state index in [2.05, 4.69) is 12.2 Å². The first-order valence-corrected chi connectivity index (χ1v) is 9.42. The van der Waals surface area contributed by atoms with E-state index in [1.165, 1.54) is 32.1 Å². The normalized spacial score (nSPS) is 28.4. The molecule has 0 radical (unpaired) electrons. The monoisotopic (exact) mass is 323 g/mol. The van der Waals surface area contributed by atoms with Crippen LogP contribution in [0.5, 0.6) is 0 Å². The third-order valence-corrected chi connectivity index (χ3v) is 5.58. The first-order valence-electron chi connectivity index (χ1n) is 9.42. The maximum absolute atomic E-state index is 12.4. The van der Waals surface area contributed by atoms with Gasteiger partial charge >= 0.3 is 6.03 Å². The standard InChI is InChI=1S/C18H33N3O2/c1-2-3-5-14-7-9-16(10-8-14)17(22)20-12-15-6-4-11-21(13-15)18(19)23/h14-16H,2-13H2,1H3,(H2,19,23)(H,20,22). The summed E-state index contributed by atoms with van der Waals surface area (Å²) in [5, 5.41) is 3.12. The van der Waals surface area contributed by atoms with Crippen LogP contribution in [0, 0.1) is 17.8 Å². The van der Waals surface area contributed by atoms with Gasteiger partial charge in [-0.3, -0.25) is 4.79 Å². The zero-order valence-electron chi connectivity index (χ0n) is 14.6. The quantitative estimate of drug-likeness (QED) is 0.788. The Labute approximate surface area is 140 Å². The Morgan fingerprint density at radius 3 is 2.52 bits per heavy atom. The van der Waals surface area contributed by atoms with E-state index >= 15 is 0 Å². The molecule has 1 unspecified atom stereocenters. The largest absolute Gasteiger partial charge is 0.356 e. The molecule has 2 rings (SSSR count). The van der Waals surface area contributed by atoms with Crippen LogP contribution in [0.4, 0.5) is 4.79 Å². The van der Waals surface area contributed by atoms with Crippen molar-refractivity contribution in [3.63, 3.8) is 0 Å². The fourth-order valence-electron chi connectivity index (χ4n) is 4.03. The Morgan fingerprint density at radius 1 is 1.13 bits per heavy atom. The summed E-state index contributed by atoms with van der Waals surface area (Å²) >= 11 is 0. The molecule has 1 saturated carbocycles. The van der Waals surface area contributed by atoms with Crippen LogP contribution in [0.15, 0.2) is 0 Å². The van der Waals surface area contributed by atoms with Gasteiger partial charge < -0.3 is 16.0 Å². The summed E-state index contributed by atoms with van der Waals surface area (Å²) in [6, 6.07) is -0.341. The van der Waals surface area contributed by atoms with Crippen molar-refractivity contribution in [2.24, 2.45) is 23.5 Å². The van der Waals surface area contributed by atoms with Crippen molar-refractivity contribution in [1.82, 2.24) is 10.2 Å². The molecule has 0 aromatic rings. The molecule has 1 saturated heterocycles. The number of likely N-dealkylation sites (tertiary alicyclic amines) is 1. The van der Waals surface area contributed by atoms with E-state index in [9.17, 15) is 9.59 Å². The minimum Gasteiger partial charge on any atom is -0.356 e. The average molecular weight is 323 g/mol. The van der Waals surface area contributed by atoms with Gasteiger partial charge in [-0.1, -0.05) is 26.2 Å². The highest BCUT2D eigenvalue weighted by atomic mass is 16.2.